The Morgan fingerprint density at radius 1 is 1.19 bits per heavy atom. The highest BCUT2D eigenvalue weighted by atomic mass is 32.1. The van der Waals surface area contributed by atoms with Crippen molar-refractivity contribution in [1.82, 2.24) is 4.98 Å². The van der Waals surface area contributed by atoms with Gasteiger partial charge in [0.1, 0.15) is 11.9 Å². The molecule has 0 aromatic carbocycles. The van der Waals surface area contributed by atoms with Crippen LogP contribution >= 0.6 is 11.3 Å². The molecular formula is C25H37NO5S. The van der Waals surface area contributed by atoms with Gasteiger partial charge in [0, 0.05) is 23.6 Å². The molecule has 0 spiro atoms. The number of aromatic nitrogens is 1. The molecule has 2 N–H and O–H groups in total. The van der Waals surface area contributed by atoms with Crippen molar-refractivity contribution in [2.24, 2.45) is 17.8 Å². The highest BCUT2D eigenvalue weighted by molar-refractivity contribution is 7.09. The first-order valence-corrected chi connectivity index (χ1v) is 12.3. The second-order valence-corrected chi connectivity index (χ2v) is 10.1. The average Bonchev–Trinajstić information content (AvgIpc) is 3.16. The lowest BCUT2D eigenvalue weighted by Gasteiger charge is -2.28. The minimum atomic E-state index is -1.16. The van der Waals surface area contributed by atoms with Crippen LogP contribution in [0.4, 0.5) is 0 Å². The Morgan fingerprint density at radius 2 is 1.91 bits per heavy atom. The first-order valence-electron chi connectivity index (χ1n) is 11.4. The minimum Gasteiger partial charge on any atom is -0.457 e. The first kappa shape index (κ1) is 26.4. The maximum atomic E-state index is 12.8. The summed E-state index contributed by atoms with van der Waals surface area (Å²) in [4.78, 5) is 29.8. The van der Waals surface area contributed by atoms with E-state index >= 15 is 0 Å². The van der Waals surface area contributed by atoms with Crippen LogP contribution in [0.2, 0.25) is 0 Å². The fourth-order valence-electron chi connectivity index (χ4n) is 3.99. The van der Waals surface area contributed by atoms with Crippen LogP contribution in [0, 0.1) is 24.7 Å². The van der Waals surface area contributed by atoms with E-state index in [4.69, 9.17) is 4.74 Å². The van der Waals surface area contributed by atoms with E-state index in [0.717, 1.165) is 35.5 Å². The lowest BCUT2D eigenvalue weighted by Crippen LogP contribution is -2.39. The Hall–Kier alpha value is -1.83. The van der Waals surface area contributed by atoms with E-state index in [0.29, 0.717) is 6.42 Å². The maximum Gasteiger partial charge on any atom is 0.309 e. The monoisotopic (exact) mass is 463 g/mol. The molecule has 2 rings (SSSR count). The van der Waals surface area contributed by atoms with Gasteiger partial charge in [-0.1, -0.05) is 32.9 Å². The van der Waals surface area contributed by atoms with Crippen molar-refractivity contribution in [3.8, 4) is 0 Å². The number of esters is 1. The second kappa shape index (κ2) is 12.4. The summed E-state index contributed by atoms with van der Waals surface area (Å²) in [5.74, 6) is -2.17. The molecule has 6 nitrogen and oxygen atoms in total. The van der Waals surface area contributed by atoms with Gasteiger partial charge < -0.3 is 14.9 Å². The number of cyclic esters (lactones) is 1. The van der Waals surface area contributed by atoms with Gasteiger partial charge in [0.2, 0.25) is 0 Å². The van der Waals surface area contributed by atoms with E-state index in [2.05, 4.69) is 11.1 Å². The highest BCUT2D eigenvalue weighted by Gasteiger charge is 2.34. The number of carbonyl (C=O) groups excluding carboxylic acids is 2. The Labute approximate surface area is 195 Å². The van der Waals surface area contributed by atoms with Gasteiger partial charge in [-0.2, -0.15) is 0 Å². The Morgan fingerprint density at radius 3 is 2.56 bits per heavy atom. The van der Waals surface area contributed by atoms with Crippen LogP contribution in [0.1, 0.15) is 70.5 Å². The van der Waals surface area contributed by atoms with Crippen LogP contribution in [-0.4, -0.2) is 45.3 Å². The molecule has 0 fully saturated rings. The number of ketones is 1. The largest absolute Gasteiger partial charge is 0.457 e. The second-order valence-electron chi connectivity index (χ2n) is 9.02. The van der Waals surface area contributed by atoms with Crippen molar-refractivity contribution in [1.29, 1.82) is 0 Å². The van der Waals surface area contributed by atoms with Crippen molar-refractivity contribution >= 4 is 29.2 Å². The van der Waals surface area contributed by atoms with Gasteiger partial charge in [-0.15, -0.1) is 11.3 Å². The number of allylic oxidation sites excluding steroid dienone is 1. The third-order valence-electron chi connectivity index (χ3n) is 6.29. The normalized spacial score (nSPS) is 32.0. The summed E-state index contributed by atoms with van der Waals surface area (Å²) in [6, 6.07) is 0. The third kappa shape index (κ3) is 7.64. The SMILES string of the molecule is C/C(=C\c1csc(C)n1)[C@@H]1CC=CCCC[C@H](C)[C@H](O)[C@@H](C)C(=O)C(C)[C@@H](O)CC(=O)O1. The smallest absolute Gasteiger partial charge is 0.309 e. The van der Waals surface area contributed by atoms with Gasteiger partial charge in [0.15, 0.2) is 0 Å². The van der Waals surface area contributed by atoms with E-state index in [-0.39, 0.29) is 18.1 Å². The molecule has 0 saturated carbocycles. The van der Waals surface area contributed by atoms with Gasteiger partial charge in [-0.05, 0) is 50.7 Å². The van der Waals surface area contributed by atoms with Crippen LogP contribution in [0.5, 0.6) is 0 Å². The molecule has 1 aromatic rings. The van der Waals surface area contributed by atoms with Crippen molar-refractivity contribution in [3.63, 3.8) is 0 Å². The van der Waals surface area contributed by atoms with E-state index in [1.165, 1.54) is 0 Å². The lowest BCUT2D eigenvalue weighted by atomic mass is 9.81. The molecule has 1 unspecified atom stereocenters. The molecule has 2 heterocycles. The first-order chi connectivity index (χ1) is 15.1. The molecular weight excluding hydrogens is 426 g/mol. The number of hydrogen-bond donors (Lipinski definition) is 2. The van der Waals surface area contributed by atoms with Gasteiger partial charge >= 0.3 is 5.97 Å². The number of rotatable bonds is 2. The highest BCUT2D eigenvalue weighted by Crippen LogP contribution is 2.25. The van der Waals surface area contributed by atoms with Crippen LogP contribution in [0.3, 0.4) is 0 Å². The molecule has 1 aliphatic rings. The average molecular weight is 464 g/mol. The molecule has 178 valence electrons. The van der Waals surface area contributed by atoms with Crippen LogP contribution in [0.15, 0.2) is 23.1 Å². The van der Waals surface area contributed by atoms with Crippen molar-refractivity contribution in [2.75, 3.05) is 0 Å². The molecule has 32 heavy (non-hydrogen) atoms. The molecule has 0 radical (unpaired) electrons. The number of Topliss-reactive ketones (excluding diaryl/α,β-unsaturated/α-hetero) is 1. The van der Waals surface area contributed by atoms with Crippen LogP contribution < -0.4 is 0 Å². The minimum absolute atomic E-state index is 0.0240. The predicted molar refractivity (Wildman–Crippen MR) is 127 cm³/mol. The summed E-state index contributed by atoms with van der Waals surface area (Å²) in [5, 5.41) is 24.0. The molecule has 0 aliphatic carbocycles. The Bertz CT molecular complexity index is 830. The van der Waals surface area contributed by atoms with Crippen LogP contribution in [-0.2, 0) is 14.3 Å². The number of carbonyl (C=O) groups is 2. The number of aliphatic hydroxyl groups is 2. The molecule has 7 heteroatoms. The molecule has 1 aromatic heterocycles. The number of ether oxygens (including phenoxy) is 1. The van der Waals surface area contributed by atoms with Gasteiger partial charge in [0.05, 0.1) is 29.3 Å². The molecule has 0 bridgehead atoms. The van der Waals surface area contributed by atoms with E-state index in [1.54, 1.807) is 25.2 Å². The standard InChI is InChI=1S/C25H37NO5S/c1-15-10-8-6-7-9-11-22(16(2)12-20-14-32-19(5)26-20)31-23(28)13-21(27)17(3)25(30)18(4)24(15)29/h7,9,12,14-15,17-18,21-22,24,27,29H,6,8,10-11,13H2,1-5H3/b9-7?,16-12+/t15-,17?,18+,21-,22-,24-/m0/s1. The fourth-order valence-corrected chi connectivity index (χ4v) is 4.56. The molecule has 6 atom stereocenters. The summed E-state index contributed by atoms with van der Waals surface area (Å²) in [6.45, 7) is 9.10. The fraction of sp³-hybridized carbons (Fsp3) is 0.640. The molecule has 0 saturated heterocycles. The zero-order valence-corrected chi connectivity index (χ0v) is 20.6. The van der Waals surface area contributed by atoms with Crippen LogP contribution in [0.25, 0.3) is 6.08 Å². The summed E-state index contributed by atoms with van der Waals surface area (Å²) in [6.07, 6.45) is 6.41. The number of aliphatic hydroxyl groups excluding tert-OH is 2. The number of nitrogens with zero attached hydrogens (tertiary/aromatic N) is 1. The molecule has 0 amide bonds. The summed E-state index contributed by atoms with van der Waals surface area (Å²) < 4.78 is 5.71. The predicted octanol–water partition coefficient (Wildman–Crippen LogP) is 4.49. The molecule has 1 aliphatic heterocycles. The maximum absolute atomic E-state index is 12.8. The zero-order chi connectivity index (χ0) is 23.8. The third-order valence-corrected chi connectivity index (χ3v) is 7.08. The van der Waals surface area contributed by atoms with E-state index < -0.39 is 36.1 Å². The van der Waals surface area contributed by atoms with Gasteiger partial charge in [0.25, 0.3) is 0 Å². The summed E-state index contributed by atoms with van der Waals surface area (Å²) in [7, 11) is 0. The van der Waals surface area contributed by atoms with E-state index in [1.807, 2.05) is 38.3 Å². The van der Waals surface area contributed by atoms with Gasteiger partial charge in [-0.25, -0.2) is 4.98 Å². The summed E-state index contributed by atoms with van der Waals surface area (Å²) >= 11 is 1.56. The zero-order valence-electron chi connectivity index (χ0n) is 19.8. The number of aryl methyl sites for hydroxylation is 1. The van der Waals surface area contributed by atoms with Crippen molar-refractivity contribution in [2.45, 2.75) is 85.0 Å². The number of hydrogen-bond acceptors (Lipinski definition) is 7. The Kier molecular flexibility index (Phi) is 10.3. The Balaban J connectivity index is 2.21. The lowest BCUT2D eigenvalue weighted by molar-refractivity contribution is -0.151. The van der Waals surface area contributed by atoms with E-state index in [9.17, 15) is 19.8 Å². The van der Waals surface area contributed by atoms with Gasteiger partial charge in [-0.3, -0.25) is 9.59 Å². The topological polar surface area (TPSA) is 96.7 Å². The quantitative estimate of drug-likeness (QED) is 0.496. The number of thiazole rings is 1. The van der Waals surface area contributed by atoms with Crippen molar-refractivity contribution < 1.29 is 24.5 Å². The summed E-state index contributed by atoms with van der Waals surface area (Å²) in [5.41, 5.74) is 1.70. The van der Waals surface area contributed by atoms with Crippen molar-refractivity contribution in [3.05, 3.63) is 33.8 Å².